The maximum Gasteiger partial charge on any atom is 0.228 e. The second kappa shape index (κ2) is 8.91. The number of ether oxygens (including phenoxy) is 1. The van der Waals surface area contributed by atoms with Crippen LogP contribution in [0.5, 0.6) is 5.75 Å². The first-order chi connectivity index (χ1) is 13.4. The van der Waals surface area contributed by atoms with E-state index >= 15 is 0 Å². The van der Waals surface area contributed by atoms with Crippen LogP contribution >= 0.6 is 0 Å². The zero-order valence-corrected chi connectivity index (χ0v) is 16.7. The monoisotopic (exact) mass is 385 g/mol. The number of nitrogens with one attached hydrogen (secondary N) is 1. The molecule has 1 aliphatic heterocycles. The molecule has 1 N–H and O–H groups in total. The van der Waals surface area contributed by atoms with E-state index in [-0.39, 0.29) is 17.7 Å². The summed E-state index contributed by atoms with van der Waals surface area (Å²) < 4.78 is 10.7. The van der Waals surface area contributed by atoms with Crippen molar-refractivity contribution in [1.29, 1.82) is 0 Å². The van der Waals surface area contributed by atoms with Gasteiger partial charge in [-0.25, -0.2) is 0 Å². The lowest BCUT2D eigenvalue weighted by Gasteiger charge is -2.31. The molecule has 2 aromatic rings. The quantitative estimate of drug-likeness (QED) is 0.825. The number of carbonyl (C=O) groups is 2. The summed E-state index contributed by atoms with van der Waals surface area (Å²) in [5.74, 6) is 1.79. The SMILES string of the molecule is Cc1ccc(C)c(OCCC(=O)N2CCC(C(=O)Nc3cc(C)on3)CC2)c1. The standard InChI is InChI=1S/C21H27N3O4/c1-14-4-5-15(2)18(12-14)27-11-8-20(25)24-9-6-17(7-10-24)21(26)22-19-13-16(3)28-23-19/h4-5,12-13,17H,6-11H2,1-3H3,(H,22,23,26). The molecule has 3 rings (SSSR count). The van der Waals surface area contributed by atoms with E-state index in [0.717, 1.165) is 16.9 Å². The molecule has 1 aromatic carbocycles. The molecule has 7 nitrogen and oxygen atoms in total. The summed E-state index contributed by atoms with van der Waals surface area (Å²) in [6.07, 6.45) is 1.63. The number of piperidine rings is 1. The number of hydrogen-bond acceptors (Lipinski definition) is 5. The Morgan fingerprint density at radius 3 is 2.64 bits per heavy atom. The number of anilines is 1. The Hall–Kier alpha value is -2.83. The number of rotatable bonds is 6. The number of aryl methyl sites for hydroxylation is 3. The summed E-state index contributed by atoms with van der Waals surface area (Å²) in [4.78, 5) is 26.6. The molecule has 2 heterocycles. The molecule has 0 unspecified atom stereocenters. The molecular formula is C21H27N3O4. The van der Waals surface area contributed by atoms with Gasteiger partial charge >= 0.3 is 0 Å². The van der Waals surface area contributed by atoms with Crippen LogP contribution in [0, 0.1) is 26.7 Å². The topological polar surface area (TPSA) is 84.7 Å². The average molecular weight is 385 g/mol. The van der Waals surface area contributed by atoms with Crippen molar-refractivity contribution in [2.24, 2.45) is 5.92 Å². The third-order valence-electron chi connectivity index (χ3n) is 5.01. The van der Waals surface area contributed by atoms with E-state index in [9.17, 15) is 9.59 Å². The first kappa shape index (κ1) is 19.9. The van der Waals surface area contributed by atoms with E-state index in [1.807, 2.05) is 36.9 Å². The molecule has 0 radical (unpaired) electrons. The van der Waals surface area contributed by atoms with Crippen molar-refractivity contribution >= 4 is 17.6 Å². The number of benzene rings is 1. The maximum atomic E-state index is 12.4. The molecule has 2 amide bonds. The number of likely N-dealkylation sites (tertiary alicyclic amines) is 1. The number of hydrogen-bond donors (Lipinski definition) is 1. The third-order valence-corrected chi connectivity index (χ3v) is 5.01. The summed E-state index contributed by atoms with van der Waals surface area (Å²) >= 11 is 0. The van der Waals surface area contributed by atoms with Crippen LogP contribution in [0.1, 0.15) is 36.1 Å². The van der Waals surface area contributed by atoms with Crippen LogP contribution < -0.4 is 10.1 Å². The minimum atomic E-state index is -0.118. The van der Waals surface area contributed by atoms with E-state index < -0.39 is 0 Å². The number of carbonyl (C=O) groups excluding carboxylic acids is 2. The van der Waals surface area contributed by atoms with E-state index in [1.54, 1.807) is 13.0 Å². The lowest BCUT2D eigenvalue weighted by molar-refractivity contribution is -0.135. The zero-order chi connectivity index (χ0) is 20.1. The van der Waals surface area contributed by atoms with Crippen LogP contribution in [0.2, 0.25) is 0 Å². The first-order valence-corrected chi connectivity index (χ1v) is 9.64. The van der Waals surface area contributed by atoms with Crippen LogP contribution in [0.25, 0.3) is 0 Å². The smallest absolute Gasteiger partial charge is 0.228 e. The van der Waals surface area contributed by atoms with Crippen LogP contribution in [-0.4, -0.2) is 41.6 Å². The first-order valence-electron chi connectivity index (χ1n) is 9.64. The van der Waals surface area contributed by atoms with Crippen molar-refractivity contribution in [3.8, 4) is 5.75 Å². The van der Waals surface area contributed by atoms with Crippen molar-refractivity contribution in [3.05, 3.63) is 41.2 Å². The summed E-state index contributed by atoms with van der Waals surface area (Å²) in [7, 11) is 0. The van der Waals surface area contributed by atoms with E-state index in [4.69, 9.17) is 9.26 Å². The Morgan fingerprint density at radius 2 is 1.96 bits per heavy atom. The molecule has 0 saturated carbocycles. The van der Waals surface area contributed by atoms with Crippen LogP contribution in [0.4, 0.5) is 5.82 Å². The fraction of sp³-hybridized carbons (Fsp3) is 0.476. The van der Waals surface area contributed by atoms with Crippen LogP contribution in [0.15, 0.2) is 28.8 Å². The van der Waals surface area contributed by atoms with Gasteiger partial charge in [0.15, 0.2) is 5.82 Å². The largest absolute Gasteiger partial charge is 0.493 e. The van der Waals surface area contributed by atoms with Crippen molar-refractivity contribution in [2.45, 2.75) is 40.0 Å². The Morgan fingerprint density at radius 1 is 1.21 bits per heavy atom. The molecule has 1 aromatic heterocycles. The summed E-state index contributed by atoms with van der Waals surface area (Å²) in [5, 5.41) is 6.55. The van der Waals surface area contributed by atoms with Gasteiger partial charge < -0.3 is 19.5 Å². The number of aromatic nitrogens is 1. The second-order valence-corrected chi connectivity index (χ2v) is 7.33. The highest BCUT2D eigenvalue weighted by atomic mass is 16.5. The van der Waals surface area contributed by atoms with Crippen molar-refractivity contribution in [2.75, 3.05) is 25.0 Å². The predicted octanol–water partition coefficient (Wildman–Crippen LogP) is 3.25. The minimum absolute atomic E-state index is 0.0660. The Kier molecular flexibility index (Phi) is 6.34. The van der Waals surface area contributed by atoms with Crippen molar-refractivity contribution < 1.29 is 18.8 Å². The molecule has 0 spiro atoms. The van der Waals surface area contributed by atoms with Crippen LogP contribution in [0.3, 0.4) is 0 Å². The van der Waals surface area contributed by atoms with Crippen molar-refractivity contribution in [1.82, 2.24) is 10.1 Å². The highest BCUT2D eigenvalue weighted by Gasteiger charge is 2.27. The second-order valence-electron chi connectivity index (χ2n) is 7.33. The molecule has 1 aliphatic rings. The van der Waals surface area contributed by atoms with Gasteiger partial charge in [0.25, 0.3) is 0 Å². The van der Waals surface area contributed by atoms with Crippen molar-refractivity contribution in [3.63, 3.8) is 0 Å². The summed E-state index contributed by atoms with van der Waals surface area (Å²) in [6, 6.07) is 7.73. The highest BCUT2D eigenvalue weighted by molar-refractivity contribution is 5.91. The summed E-state index contributed by atoms with van der Waals surface area (Å²) in [5.41, 5.74) is 2.19. The van der Waals surface area contributed by atoms with Gasteiger partial charge in [-0.05, 0) is 50.8 Å². The third kappa shape index (κ3) is 5.12. The molecule has 150 valence electrons. The Labute approximate surface area is 165 Å². The molecule has 0 aliphatic carbocycles. The molecule has 0 atom stereocenters. The van der Waals surface area contributed by atoms with E-state index in [2.05, 4.69) is 10.5 Å². The van der Waals surface area contributed by atoms with Gasteiger partial charge in [-0.2, -0.15) is 0 Å². The fourth-order valence-corrected chi connectivity index (χ4v) is 3.31. The van der Waals surface area contributed by atoms with Gasteiger partial charge in [0, 0.05) is 25.1 Å². The Balaban J connectivity index is 1.41. The predicted molar refractivity (Wildman–Crippen MR) is 105 cm³/mol. The average Bonchev–Trinajstić information content (AvgIpc) is 3.09. The van der Waals surface area contributed by atoms with E-state index in [0.29, 0.717) is 50.5 Å². The van der Waals surface area contributed by atoms with Gasteiger partial charge in [0.1, 0.15) is 11.5 Å². The lowest BCUT2D eigenvalue weighted by atomic mass is 9.95. The molecule has 7 heteroatoms. The van der Waals surface area contributed by atoms with Gasteiger partial charge in [0.2, 0.25) is 11.8 Å². The molecular weight excluding hydrogens is 358 g/mol. The van der Waals surface area contributed by atoms with E-state index in [1.165, 1.54) is 0 Å². The summed E-state index contributed by atoms with van der Waals surface area (Å²) in [6.45, 7) is 7.30. The van der Waals surface area contributed by atoms with Gasteiger partial charge in [0.05, 0.1) is 13.0 Å². The Bertz CT molecular complexity index is 838. The molecule has 1 saturated heterocycles. The lowest BCUT2D eigenvalue weighted by Crippen LogP contribution is -2.41. The zero-order valence-electron chi connectivity index (χ0n) is 16.7. The number of nitrogens with zero attached hydrogens (tertiary/aromatic N) is 2. The fourth-order valence-electron chi connectivity index (χ4n) is 3.31. The van der Waals surface area contributed by atoms with Gasteiger partial charge in [-0.1, -0.05) is 17.3 Å². The van der Waals surface area contributed by atoms with Gasteiger partial charge in [-0.15, -0.1) is 0 Å². The maximum absolute atomic E-state index is 12.4. The highest BCUT2D eigenvalue weighted by Crippen LogP contribution is 2.21. The molecule has 28 heavy (non-hydrogen) atoms. The molecule has 0 bridgehead atoms. The van der Waals surface area contributed by atoms with Crippen LogP contribution in [-0.2, 0) is 9.59 Å². The number of amides is 2. The molecule has 1 fully saturated rings. The normalized spacial score (nSPS) is 14.8. The minimum Gasteiger partial charge on any atom is -0.493 e. The van der Waals surface area contributed by atoms with Gasteiger partial charge in [-0.3, -0.25) is 9.59 Å².